The highest BCUT2D eigenvalue weighted by Gasteiger charge is 2.18. The zero-order valence-corrected chi connectivity index (χ0v) is 10.5. The molecule has 0 radical (unpaired) electrons. The Bertz CT molecular complexity index is 432. The Hall–Kier alpha value is -2.28. The molecule has 104 valence electrons. The number of carbonyl (C=O) groups is 2. The number of ether oxygens (including phenoxy) is 2. The number of rotatable bonds is 6. The van der Waals surface area contributed by atoms with Crippen LogP contribution >= 0.6 is 0 Å². The summed E-state index contributed by atoms with van der Waals surface area (Å²) in [6, 6.07) is 5.80. The molecule has 1 amide bonds. The molecular weight excluding hydrogens is 252 g/mol. The molecule has 0 saturated heterocycles. The first kappa shape index (κ1) is 14.8. The first-order chi connectivity index (χ1) is 9.06. The predicted molar refractivity (Wildman–Crippen MR) is 66.8 cm³/mol. The van der Waals surface area contributed by atoms with Crippen LogP contribution in [-0.2, 0) is 16.1 Å². The zero-order valence-electron chi connectivity index (χ0n) is 10.5. The van der Waals surface area contributed by atoms with Crippen molar-refractivity contribution in [3.63, 3.8) is 0 Å². The largest absolute Gasteiger partial charge is 0.497 e. The standard InChI is InChI=1S/C12H16N2O5/c1-18-9-4-2-8(3-5-9)7-19-12(17)14-10(6-13)11(15)16/h2-5,10H,6-7,13H2,1H3,(H,14,17)(H,15,16). The number of hydrogen-bond acceptors (Lipinski definition) is 5. The highest BCUT2D eigenvalue weighted by molar-refractivity contribution is 5.80. The van der Waals surface area contributed by atoms with Crippen LogP contribution in [-0.4, -0.2) is 36.9 Å². The smallest absolute Gasteiger partial charge is 0.408 e. The second-order valence-electron chi connectivity index (χ2n) is 3.70. The fourth-order valence-electron chi connectivity index (χ4n) is 1.28. The van der Waals surface area contributed by atoms with Gasteiger partial charge in [-0.25, -0.2) is 9.59 Å². The Balaban J connectivity index is 2.42. The van der Waals surface area contributed by atoms with E-state index in [0.29, 0.717) is 5.75 Å². The fourth-order valence-corrected chi connectivity index (χ4v) is 1.28. The van der Waals surface area contributed by atoms with Crippen molar-refractivity contribution >= 4 is 12.1 Å². The number of benzene rings is 1. The van der Waals surface area contributed by atoms with Gasteiger partial charge in [-0.05, 0) is 17.7 Å². The molecule has 1 aromatic rings. The van der Waals surface area contributed by atoms with Gasteiger partial charge in [0, 0.05) is 6.54 Å². The van der Waals surface area contributed by atoms with Gasteiger partial charge in [-0.1, -0.05) is 12.1 Å². The Morgan fingerprint density at radius 3 is 2.47 bits per heavy atom. The molecule has 7 nitrogen and oxygen atoms in total. The Labute approximate surface area is 110 Å². The molecule has 1 aromatic carbocycles. The van der Waals surface area contributed by atoms with Gasteiger partial charge in [-0.2, -0.15) is 0 Å². The zero-order chi connectivity index (χ0) is 14.3. The molecule has 0 fully saturated rings. The van der Waals surface area contributed by atoms with Crippen molar-refractivity contribution in [2.24, 2.45) is 5.73 Å². The molecule has 0 aliphatic rings. The van der Waals surface area contributed by atoms with Gasteiger partial charge in [0.05, 0.1) is 7.11 Å². The van der Waals surface area contributed by atoms with E-state index in [1.54, 1.807) is 31.4 Å². The molecule has 1 unspecified atom stereocenters. The van der Waals surface area contributed by atoms with Crippen molar-refractivity contribution in [1.29, 1.82) is 0 Å². The molecule has 7 heteroatoms. The van der Waals surface area contributed by atoms with Gasteiger partial charge in [0.1, 0.15) is 18.4 Å². The van der Waals surface area contributed by atoms with Crippen LogP contribution in [0.3, 0.4) is 0 Å². The molecule has 1 rings (SSSR count). The second-order valence-corrected chi connectivity index (χ2v) is 3.70. The van der Waals surface area contributed by atoms with E-state index in [-0.39, 0.29) is 13.2 Å². The maximum Gasteiger partial charge on any atom is 0.408 e. The number of nitrogens with one attached hydrogen (secondary N) is 1. The van der Waals surface area contributed by atoms with Crippen LogP contribution < -0.4 is 15.8 Å². The molecule has 0 heterocycles. The molecule has 0 aliphatic carbocycles. The number of aliphatic carboxylic acids is 1. The summed E-state index contributed by atoms with van der Waals surface area (Å²) in [7, 11) is 1.55. The third-order valence-electron chi connectivity index (χ3n) is 2.35. The SMILES string of the molecule is COc1ccc(COC(=O)NC(CN)C(=O)O)cc1. The molecule has 4 N–H and O–H groups in total. The Kier molecular flexibility index (Phi) is 5.62. The summed E-state index contributed by atoms with van der Waals surface area (Å²) in [6.07, 6.45) is -0.825. The fraction of sp³-hybridized carbons (Fsp3) is 0.333. The maximum absolute atomic E-state index is 11.3. The molecule has 0 saturated carbocycles. The lowest BCUT2D eigenvalue weighted by molar-refractivity contribution is -0.139. The second kappa shape index (κ2) is 7.22. The van der Waals surface area contributed by atoms with Gasteiger partial charge in [-0.3, -0.25) is 0 Å². The quantitative estimate of drug-likeness (QED) is 0.685. The molecule has 0 spiro atoms. The van der Waals surface area contributed by atoms with Gasteiger partial charge in [-0.15, -0.1) is 0 Å². The van der Waals surface area contributed by atoms with E-state index < -0.39 is 18.1 Å². The lowest BCUT2D eigenvalue weighted by Gasteiger charge is -2.12. The van der Waals surface area contributed by atoms with Crippen LogP contribution in [0.4, 0.5) is 4.79 Å². The van der Waals surface area contributed by atoms with E-state index in [4.69, 9.17) is 20.3 Å². The highest BCUT2D eigenvalue weighted by atomic mass is 16.5. The van der Waals surface area contributed by atoms with Crippen molar-refractivity contribution in [3.05, 3.63) is 29.8 Å². The van der Waals surface area contributed by atoms with Crippen LogP contribution in [0.25, 0.3) is 0 Å². The van der Waals surface area contributed by atoms with Crippen molar-refractivity contribution in [2.45, 2.75) is 12.6 Å². The van der Waals surface area contributed by atoms with Crippen LogP contribution in [0, 0.1) is 0 Å². The van der Waals surface area contributed by atoms with Gasteiger partial charge in [0.2, 0.25) is 0 Å². The van der Waals surface area contributed by atoms with E-state index in [1.165, 1.54) is 0 Å². The van der Waals surface area contributed by atoms with E-state index in [1.807, 2.05) is 0 Å². The minimum Gasteiger partial charge on any atom is -0.497 e. The number of nitrogens with two attached hydrogens (primary N) is 1. The number of carbonyl (C=O) groups excluding carboxylic acids is 1. The van der Waals surface area contributed by atoms with E-state index in [0.717, 1.165) is 5.56 Å². The highest BCUT2D eigenvalue weighted by Crippen LogP contribution is 2.11. The maximum atomic E-state index is 11.3. The van der Waals surface area contributed by atoms with Crippen LogP contribution in [0.1, 0.15) is 5.56 Å². The molecule has 0 bridgehead atoms. The number of methoxy groups -OCH3 is 1. The molecule has 0 aromatic heterocycles. The minimum atomic E-state index is -1.20. The van der Waals surface area contributed by atoms with Crippen LogP contribution in [0.15, 0.2) is 24.3 Å². The van der Waals surface area contributed by atoms with Gasteiger partial charge in [0.15, 0.2) is 0 Å². The number of carboxylic acids is 1. The topological polar surface area (TPSA) is 111 Å². The number of amides is 1. The normalized spacial score (nSPS) is 11.5. The van der Waals surface area contributed by atoms with E-state index in [2.05, 4.69) is 5.32 Å². The third-order valence-corrected chi connectivity index (χ3v) is 2.35. The minimum absolute atomic E-state index is 0.0345. The van der Waals surface area contributed by atoms with E-state index >= 15 is 0 Å². The first-order valence-electron chi connectivity index (χ1n) is 5.56. The molecule has 0 aliphatic heterocycles. The van der Waals surface area contributed by atoms with Gasteiger partial charge < -0.3 is 25.6 Å². The Morgan fingerprint density at radius 2 is 2.00 bits per heavy atom. The average molecular weight is 268 g/mol. The van der Waals surface area contributed by atoms with Crippen molar-refractivity contribution in [3.8, 4) is 5.75 Å². The summed E-state index contributed by atoms with van der Waals surface area (Å²) in [5.41, 5.74) is 5.96. The van der Waals surface area contributed by atoms with Crippen molar-refractivity contribution in [1.82, 2.24) is 5.32 Å². The summed E-state index contributed by atoms with van der Waals surface area (Å²) in [6.45, 7) is -0.167. The van der Waals surface area contributed by atoms with Gasteiger partial charge >= 0.3 is 12.1 Å². The summed E-state index contributed by atoms with van der Waals surface area (Å²) in [4.78, 5) is 22.0. The van der Waals surface area contributed by atoms with Crippen LogP contribution in [0.2, 0.25) is 0 Å². The van der Waals surface area contributed by atoms with Crippen molar-refractivity contribution < 1.29 is 24.2 Å². The average Bonchev–Trinajstić information content (AvgIpc) is 2.42. The van der Waals surface area contributed by atoms with Crippen LogP contribution in [0.5, 0.6) is 5.75 Å². The summed E-state index contributed by atoms with van der Waals surface area (Å²) >= 11 is 0. The van der Waals surface area contributed by atoms with Crippen molar-refractivity contribution in [2.75, 3.05) is 13.7 Å². The summed E-state index contributed by atoms with van der Waals surface area (Å²) in [5, 5.41) is 10.8. The molecule has 19 heavy (non-hydrogen) atoms. The summed E-state index contributed by atoms with van der Waals surface area (Å²) < 4.78 is 9.86. The lowest BCUT2D eigenvalue weighted by atomic mass is 10.2. The third kappa shape index (κ3) is 4.84. The predicted octanol–water partition coefficient (Wildman–Crippen LogP) is 0.333. The van der Waals surface area contributed by atoms with E-state index in [9.17, 15) is 9.59 Å². The number of carboxylic acid groups (broad SMARTS) is 1. The van der Waals surface area contributed by atoms with Gasteiger partial charge in [0.25, 0.3) is 0 Å². The monoisotopic (exact) mass is 268 g/mol. The molecule has 1 atom stereocenters. The Morgan fingerprint density at radius 1 is 1.37 bits per heavy atom. The molecular formula is C12H16N2O5. The number of alkyl carbamates (subject to hydrolysis) is 1. The number of hydrogen-bond donors (Lipinski definition) is 3. The first-order valence-corrected chi connectivity index (χ1v) is 5.56. The summed E-state index contributed by atoms with van der Waals surface area (Å²) in [5.74, 6) is -0.508. The lowest BCUT2D eigenvalue weighted by Crippen LogP contribution is -2.45.